The van der Waals surface area contributed by atoms with Gasteiger partial charge in [-0.15, -0.1) is 0 Å². The largest absolute Gasteiger partial charge is 0.398 e. The summed E-state index contributed by atoms with van der Waals surface area (Å²) in [5.74, 6) is 0.232. The second-order valence-electron chi connectivity index (χ2n) is 3.29. The first-order valence-corrected chi connectivity index (χ1v) is 5.40. The SMILES string of the molecule is Nc1cccc(C(=O)n2cccn2)c1CS. The van der Waals surface area contributed by atoms with Crippen LogP contribution in [0.4, 0.5) is 5.69 Å². The minimum atomic E-state index is -0.193. The summed E-state index contributed by atoms with van der Waals surface area (Å²) in [6.45, 7) is 0. The van der Waals surface area contributed by atoms with Crippen molar-refractivity contribution >= 4 is 24.2 Å². The molecule has 0 radical (unpaired) electrons. The Morgan fingerprint density at radius 3 is 2.88 bits per heavy atom. The maximum Gasteiger partial charge on any atom is 0.278 e. The Kier molecular flexibility index (Phi) is 2.96. The molecule has 0 saturated carbocycles. The highest BCUT2D eigenvalue weighted by Crippen LogP contribution is 2.19. The number of aromatic nitrogens is 2. The molecule has 16 heavy (non-hydrogen) atoms. The minimum absolute atomic E-state index is 0.193. The van der Waals surface area contributed by atoms with Gasteiger partial charge < -0.3 is 5.73 Å². The van der Waals surface area contributed by atoms with Crippen LogP contribution in [0.1, 0.15) is 15.9 Å². The van der Waals surface area contributed by atoms with E-state index in [9.17, 15) is 4.79 Å². The van der Waals surface area contributed by atoms with Gasteiger partial charge in [-0.05, 0) is 23.8 Å². The smallest absolute Gasteiger partial charge is 0.278 e. The minimum Gasteiger partial charge on any atom is -0.398 e. The maximum atomic E-state index is 12.1. The molecule has 4 nitrogen and oxygen atoms in total. The predicted octanol–water partition coefficient (Wildman–Crippen LogP) is 1.58. The van der Waals surface area contributed by atoms with Crippen molar-refractivity contribution in [2.45, 2.75) is 5.75 Å². The quantitative estimate of drug-likeness (QED) is 0.611. The second-order valence-corrected chi connectivity index (χ2v) is 3.60. The molecule has 0 saturated heterocycles. The molecule has 2 rings (SSSR count). The first-order valence-electron chi connectivity index (χ1n) is 4.76. The van der Waals surface area contributed by atoms with Crippen LogP contribution in [0.15, 0.2) is 36.7 Å². The lowest BCUT2D eigenvalue weighted by Crippen LogP contribution is -2.15. The third-order valence-corrected chi connectivity index (χ3v) is 2.63. The third kappa shape index (κ3) is 1.81. The van der Waals surface area contributed by atoms with Crippen molar-refractivity contribution < 1.29 is 4.79 Å². The molecule has 2 N–H and O–H groups in total. The standard InChI is InChI=1S/C11H11N3OS/c12-10-4-1-3-8(9(10)7-16)11(15)14-6-2-5-13-14/h1-6,16H,7,12H2. The Morgan fingerprint density at radius 1 is 1.44 bits per heavy atom. The number of hydrogen-bond acceptors (Lipinski definition) is 4. The van der Waals surface area contributed by atoms with Gasteiger partial charge in [-0.3, -0.25) is 4.79 Å². The Labute approximate surface area is 98.5 Å². The van der Waals surface area contributed by atoms with Crippen LogP contribution in [0.25, 0.3) is 0 Å². The van der Waals surface area contributed by atoms with E-state index in [4.69, 9.17) is 5.73 Å². The summed E-state index contributed by atoms with van der Waals surface area (Å²) < 4.78 is 1.28. The van der Waals surface area contributed by atoms with E-state index in [1.165, 1.54) is 4.68 Å². The molecule has 0 amide bonds. The summed E-state index contributed by atoms with van der Waals surface area (Å²) >= 11 is 4.18. The predicted molar refractivity (Wildman–Crippen MR) is 65.5 cm³/mol. The van der Waals surface area contributed by atoms with E-state index in [0.717, 1.165) is 5.56 Å². The van der Waals surface area contributed by atoms with Gasteiger partial charge in [0.2, 0.25) is 0 Å². The molecular formula is C11H11N3OS. The Bertz CT molecular complexity index is 508. The molecule has 2 aromatic rings. The number of nitrogen functional groups attached to an aromatic ring is 1. The molecule has 0 aliphatic carbocycles. The van der Waals surface area contributed by atoms with Crippen LogP contribution in [0.2, 0.25) is 0 Å². The summed E-state index contributed by atoms with van der Waals surface area (Å²) in [5.41, 5.74) is 7.65. The number of rotatable bonds is 2. The van der Waals surface area contributed by atoms with E-state index >= 15 is 0 Å². The van der Waals surface area contributed by atoms with E-state index in [1.807, 2.05) is 0 Å². The topological polar surface area (TPSA) is 60.9 Å². The molecule has 1 heterocycles. The molecule has 1 aromatic heterocycles. The number of carbonyl (C=O) groups is 1. The van der Waals surface area contributed by atoms with Crippen LogP contribution in [0.3, 0.4) is 0 Å². The van der Waals surface area contributed by atoms with E-state index in [0.29, 0.717) is 17.0 Å². The van der Waals surface area contributed by atoms with Gasteiger partial charge in [-0.2, -0.15) is 17.7 Å². The number of carbonyl (C=O) groups excluding carboxylic acids is 1. The highest BCUT2D eigenvalue weighted by molar-refractivity contribution is 7.79. The Hall–Kier alpha value is -1.75. The lowest BCUT2D eigenvalue weighted by atomic mass is 10.1. The molecule has 0 fully saturated rings. The van der Waals surface area contributed by atoms with Gasteiger partial charge in [0.05, 0.1) is 0 Å². The van der Waals surface area contributed by atoms with Gasteiger partial charge in [0.25, 0.3) is 5.91 Å². The number of nitrogens with zero attached hydrogens (tertiary/aromatic N) is 2. The van der Waals surface area contributed by atoms with Crippen molar-refractivity contribution in [3.63, 3.8) is 0 Å². The fourth-order valence-electron chi connectivity index (χ4n) is 1.49. The van der Waals surface area contributed by atoms with Crippen molar-refractivity contribution in [2.75, 3.05) is 5.73 Å². The number of nitrogens with two attached hydrogens (primary N) is 1. The zero-order chi connectivity index (χ0) is 11.5. The van der Waals surface area contributed by atoms with E-state index < -0.39 is 0 Å². The van der Waals surface area contributed by atoms with Crippen LogP contribution in [-0.4, -0.2) is 15.7 Å². The van der Waals surface area contributed by atoms with Gasteiger partial charge in [-0.25, -0.2) is 4.68 Å². The number of anilines is 1. The van der Waals surface area contributed by atoms with E-state index in [1.54, 1.807) is 36.7 Å². The number of benzene rings is 1. The van der Waals surface area contributed by atoms with Crippen LogP contribution in [0.5, 0.6) is 0 Å². The zero-order valence-corrected chi connectivity index (χ0v) is 9.39. The van der Waals surface area contributed by atoms with Crippen LogP contribution in [0, 0.1) is 0 Å². The molecule has 5 heteroatoms. The van der Waals surface area contributed by atoms with Gasteiger partial charge in [-0.1, -0.05) is 6.07 Å². The zero-order valence-electron chi connectivity index (χ0n) is 8.50. The van der Waals surface area contributed by atoms with Crippen LogP contribution >= 0.6 is 12.6 Å². The summed E-state index contributed by atoms with van der Waals surface area (Å²) in [6, 6.07) is 6.93. The maximum absolute atomic E-state index is 12.1. The molecule has 1 aromatic carbocycles. The fraction of sp³-hybridized carbons (Fsp3) is 0.0909. The van der Waals surface area contributed by atoms with Crippen molar-refractivity contribution in [1.29, 1.82) is 0 Å². The first kappa shape index (κ1) is 10.8. The Balaban J connectivity index is 2.48. The van der Waals surface area contributed by atoms with Crippen molar-refractivity contribution in [3.8, 4) is 0 Å². The van der Waals surface area contributed by atoms with Crippen molar-refractivity contribution in [2.24, 2.45) is 0 Å². The summed E-state index contributed by atoms with van der Waals surface area (Å²) in [5, 5.41) is 3.90. The van der Waals surface area contributed by atoms with Gasteiger partial charge in [0.1, 0.15) is 0 Å². The number of thiol groups is 1. The molecule has 0 aliphatic rings. The molecule has 0 aliphatic heterocycles. The summed E-state index contributed by atoms with van der Waals surface area (Å²) in [7, 11) is 0. The highest BCUT2D eigenvalue weighted by atomic mass is 32.1. The van der Waals surface area contributed by atoms with Crippen molar-refractivity contribution in [3.05, 3.63) is 47.8 Å². The lowest BCUT2D eigenvalue weighted by Gasteiger charge is -2.08. The molecular weight excluding hydrogens is 222 g/mol. The van der Waals surface area contributed by atoms with Gasteiger partial charge in [0.15, 0.2) is 0 Å². The molecule has 0 unspecified atom stereocenters. The van der Waals surface area contributed by atoms with E-state index in [-0.39, 0.29) is 5.91 Å². The average Bonchev–Trinajstić information content (AvgIpc) is 2.81. The van der Waals surface area contributed by atoms with Crippen LogP contribution < -0.4 is 5.73 Å². The van der Waals surface area contributed by atoms with Gasteiger partial charge >= 0.3 is 0 Å². The third-order valence-electron chi connectivity index (χ3n) is 2.31. The summed E-state index contributed by atoms with van der Waals surface area (Å²) in [4.78, 5) is 12.1. The summed E-state index contributed by atoms with van der Waals surface area (Å²) in [6.07, 6.45) is 3.17. The number of hydrogen-bond donors (Lipinski definition) is 2. The molecule has 0 atom stereocenters. The van der Waals surface area contributed by atoms with Crippen molar-refractivity contribution in [1.82, 2.24) is 9.78 Å². The average molecular weight is 233 g/mol. The highest BCUT2D eigenvalue weighted by Gasteiger charge is 2.14. The van der Waals surface area contributed by atoms with E-state index in [2.05, 4.69) is 17.7 Å². The molecule has 0 spiro atoms. The molecule has 82 valence electrons. The normalized spacial score (nSPS) is 10.3. The van der Waals surface area contributed by atoms with Gasteiger partial charge in [0, 0.05) is 29.4 Å². The second kappa shape index (κ2) is 4.40. The molecule has 0 bridgehead atoms. The Morgan fingerprint density at radius 2 is 2.25 bits per heavy atom. The fourth-order valence-corrected chi connectivity index (χ4v) is 1.85. The van der Waals surface area contributed by atoms with Crippen LogP contribution in [-0.2, 0) is 5.75 Å². The lowest BCUT2D eigenvalue weighted by molar-refractivity contribution is 0.0944. The first-order chi connectivity index (χ1) is 7.74. The monoisotopic (exact) mass is 233 g/mol.